The molecule has 0 saturated carbocycles. The third-order valence-corrected chi connectivity index (χ3v) is 3.01. The molecular formula is C11H11NOS. The fourth-order valence-corrected chi connectivity index (χ4v) is 2.06. The van der Waals surface area contributed by atoms with Crippen LogP contribution in [0.2, 0.25) is 0 Å². The van der Waals surface area contributed by atoms with Crippen molar-refractivity contribution in [2.75, 3.05) is 0 Å². The summed E-state index contributed by atoms with van der Waals surface area (Å²) in [7, 11) is 0. The number of hydrogen-bond acceptors (Lipinski definition) is 3. The van der Waals surface area contributed by atoms with Gasteiger partial charge in [-0.25, -0.2) is 4.98 Å². The first kappa shape index (κ1) is 9.21. The summed E-state index contributed by atoms with van der Waals surface area (Å²) in [5.74, 6) is 0. The van der Waals surface area contributed by atoms with Gasteiger partial charge in [-0.15, -0.1) is 0 Å². The fourth-order valence-electron chi connectivity index (χ4n) is 1.29. The quantitative estimate of drug-likeness (QED) is 0.817. The molecule has 0 unspecified atom stereocenters. The van der Waals surface area contributed by atoms with E-state index in [2.05, 4.69) is 4.98 Å². The third-order valence-electron chi connectivity index (χ3n) is 2.00. The van der Waals surface area contributed by atoms with Gasteiger partial charge in [0.25, 0.3) is 0 Å². The van der Waals surface area contributed by atoms with Crippen molar-refractivity contribution in [2.45, 2.75) is 13.3 Å². The highest BCUT2D eigenvalue weighted by Crippen LogP contribution is 2.33. The van der Waals surface area contributed by atoms with Crippen LogP contribution in [-0.2, 0) is 6.42 Å². The van der Waals surface area contributed by atoms with Crippen molar-refractivity contribution in [2.24, 2.45) is 0 Å². The molecule has 0 spiro atoms. The predicted molar refractivity (Wildman–Crippen MR) is 58.6 cm³/mol. The van der Waals surface area contributed by atoms with Gasteiger partial charge in [0, 0.05) is 5.56 Å². The zero-order chi connectivity index (χ0) is 9.97. The first-order valence-electron chi connectivity index (χ1n) is 4.55. The van der Waals surface area contributed by atoms with Gasteiger partial charge in [0.2, 0.25) is 0 Å². The largest absolute Gasteiger partial charge is 0.498 e. The van der Waals surface area contributed by atoms with Crippen LogP contribution < -0.4 is 0 Å². The lowest BCUT2D eigenvalue weighted by molar-refractivity contribution is 0.491. The highest BCUT2D eigenvalue weighted by Gasteiger charge is 2.10. The van der Waals surface area contributed by atoms with E-state index in [0.717, 1.165) is 17.0 Å². The fraction of sp³-hybridized carbons (Fsp3) is 0.182. The molecule has 2 rings (SSSR count). The van der Waals surface area contributed by atoms with Crippen molar-refractivity contribution < 1.29 is 5.11 Å². The Balaban J connectivity index is 2.46. The van der Waals surface area contributed by atoms with Crippen molar-refractivity contribution >= 4 is 11.3 Å². The summed E-state index contributed by atoms with van der Waals surface area (Å²) < 4.78 is 0. The third kappa shape index (κ3) is 1.63. The maximum atomic E-state index is 9.67. The molecule has 2 aromatic rings. The first-order chi connectivity index (χ1) is 6.81. The van der Waals surface area contributed by atoms with Crippen LogP contribution in [0.3, 0.4) is 0 Å². The van der Waals surface area contributed by atoms with E-state index < -0.39 is 0 Å². The van der Waals surface area contributed by atoms with Gasteiger partial charge in [0.05, 0.1) is 5.01 Å². The van der Waals surface area contributed by atoms with E-state index in [1.165, 1.54) is 11.3 Å². The minimum Gasteiger partial charge on any atom is -0.498 e. The lowest BCUT2D eigenvalue weighted by Crippen LogP contribution is -1.79. The summed E-state index contributed by atoms with van der Waals surface area (Å²) in [6.45, 7) is 2.03. The number of hydrogen-bond donors (Lipinski definition) is 1. The van der Waals surface area contributed by atoms with Gasteiger partial charge < -0.3 is 5.11 Å². The number of aromatic hydroxyl groups is 1. The van der Waals surface area contributed by atoms with Gasteiger partial charge in [-0.2, -0.15) is 0 Å². The summed E-state index contributed by atoms with van der Waals surface area (Å²) >= 11 is 1.35. The second kappa shape index (κ2) is 3.80. The van der Waals surface area contributed by atoms with Gasteiger partial charge in [-0.1, -0.05) is 48.6 Å². The summed E-state index contributed by atoms with van der Waals surface area (Å²) in [4.78, 5) is 4.37. The maximum Gasteiger partial charge on any atom is 0.199 e. The number of benzene rings is 1. The number of rotatable bonds is 2. The van der Waals surface area contributed by atoms with Gasteiger partial charge in [-0.05, 0) is 6.42 Å². The molecule has 0 saturated heterocycles. The molecule has 0 fully saturated rings. The molecule has 0 aliphatic heterocycles. The van der Waals surface area contributed by atoms with Crippen LogP contribution in [-0.4, -0.2) is 10.1 Å². The highest BCUT2D eigenvalue weighted by atomic mass is 32.1. The Morgan fingerprint density at radius 1 is 1.29 bits per heavy atom. The minimum atomic E-state index is 0.313. The molecule has 2 nitrogen and oxygen atoms in total. The van der Waals surface area contributed by atoms with Crippen LogP contribution in [0.15, 0.2) is 30.3 Å². The average molecular weight is 205 g/mol. The van der Waals surface area contributed by atoms with Gasteiger partial charge >= 0.3 is 0 Å². The Morgan fingerprint density at radius 3 is 2.57 bits per heavy atom. The zero-order valence-electron chi connectivity index (χ0n) is 7.90. The highest BCUT2D eigenvalue weighted by molar-refractivity contribution is 7.13. The van der Waals surface area contributed by atoms with E-state index >= 15 is 0 Å². The van der Waals surface area contributed by atoms with Gasteiger partial charge in [-0.3, -0.25) is 0 Å². The van der Waals surface area contributed by atoms with Crippen LogP contribution in [0.5, 0.6) is 5.06 Å². The number of aryl methyl sites for hydroxylation is 1. The Bertz CT molecular complexity index is 422. The summed E-state index contributed by atoms with van der Waals surface area (Å²) in [6, 6.07) is 9.75. The van der Waals surface area contributed by atoms with Crippen molar-refractivity contribution in [1.29, 1.82) is 0 Å². The van der Waals surface area contributed by atoms with Crippen molar-refractivity contribution in [1.82, 2.24) is 4.98 Å². The van der Waals surface area contributed by atoms with E-state index in [9.17, 15) is 5.11 Å². The molecule has 1 N–H and O–H groups in total. The number of nitrogens with zero attached hydrogens (tertiary/aromatic N) is 1. The molecule has 3 heteroatoms. The van der Waals surface area contributed by atoms with Crippen LogP contribution in [0.25, 0.3) is 11.3 Å². The van der Waals surface area contributed by atoms with Gasteiger partial charge in [0.1, 0.15) is 5.69 Å². The monoisotopic (exact) mass is 205 g/mol. The molecule has 14 heavy (non-hydrogen) atoms. The SMILES string of the molecule is CCc1nc(-c2ccccc2)c(O)s1. The van der Waals surface area contributed by atoms with Crippen LogP contribution in [0, 0.1) is 0 Å². The Labute approximate surface area is 86.9 Å². The van der Waals surface area contributed by atoms with E-state index in [1.807, 2.05) is 37.3 Å². The van der Waals surface area contributed by atoms with E-state index in [-0.39, 0.29) is 0 Å². The summed E-state index contributed by atoms with van der Waals surface area (Å²) in [6.07, 6.45) is 0.866. The zero-order valence-corrected chi connectivity index (χ0v) is 8.71. The lowest BCUT2D eigenvalue weighted by atomic mass is 10.2. The average Bonchev–Trinajstić information content (AvgIpc) is 2.61. The Kier molecular flexibility index (Phi) is 2.50. The van der Waals surface area contributed by atoms with E-state index in [1.54, 1.807) is 0 Å². The van der Waals surface area contributed by atoms with Crippen molar-refractivity contribution in [3.63, 3.8) is 0 Å². The summed E-state index contributed by atoms with van der Waals surface area (Å²) in [5.41, 5.74) is 1.67. The summed E-state index contributed by atoms with van der Waals surface area (Å²) in [5, 5.41) is 11.0. The molecule has 1 aromatic heterocycles. The molecule has 0 radical (unpaired) electrons. The maximum absolute atomic E-state index is 9.67. The standard InChI is InChI=1S/C11H11NOS/c1-2-9-12-10(11(13)14-9)8-6-4-3-5-7-8/h3-7,13H,2H2,1H3. The molecule has 0 amide bonds. The lowest BCUT2D eigenvalue weighted by Gasteiger charge is -1.95. The molecule has 72 valence electrons. The van der Waals surface area contributed by atoms with Crippen molar-refractivity contribution in [3.05, 3.63) is 35.3 Å². The van der Waals surface area contributed by atoms with E-state index in [0.29, 0.717) is 10.8 Å². The molecule has 0 aliphatic rings. The van der Waals surface area contributed by atoms with Crippen LogP contribution in [0.1, 0.15) is 11.9 Å². The second-order valence-electron chi connectivity index (χ2n) is 2.98. The Morgan fingerprint density at radius 2 is 2.00 bits per heavy atom. The van der Waals surface area contributed by atoms with Crippen molar-refractivity contribution in [3.8, 4) is 16.3 Å². The molecular weight excluding hydrogens is 194 g/mol. The van der Waals surface area contributed by atoms with Gasteiger partial charge in [0.15, 0.2) is 5.06 Å². The number of thiazole rings is 1. The minimum absolute atomic E-state index is 0.313. The molecule has 1 aromatic carbocycles. The molecule has 1 heterocycles. The predicted octanol–water partition coefficient (Wildman–Crippen LogP) is 3.08. The van der Waals surface area contributed by atoms with E-state index in [4.69, 9.17) is 0 Å². The topological polar surface area (TPSA) is 33.1 Å². The molecule has 0 aliphatic carbocycles. The van der Waals surface area contributed by atoms with Crippen LogP contribution in [0.4, 0.5) is 0 Å². The molecule has 0 bridgehead atoms. The second-order valence-corrected chi connectivity index (χ2v) is 4.04. The molecule has 0 atom stereocenters. The number of aromatic nitrogens is 1. The van der Waals surface area contributed by atoms with Crippen LogP contribution >= 0.6 is 11.3 Å². The Hall–Kier alpha value is -1.35. The first-order valence-corrected chi connectivity index (χ1v) is 5.37. The smallest absolute Gasteiger partial charge is 0.199 e. The normalized spacial score (nSPS) is 10.4.